The molecular weight excluding hydrogens is 545 g/mol. The van der Waals surface area contributed by atoms with Crippen LogP contribution in [0.3, 0.4) is 0 Å². The second-order valence-corrected chi connectivity index (χ2v) is 11.7. The van der Waals surface area contributed by atoms with Gasteiger partial charge >= 0.3 is 6.18 Å². The number of nitrogens with one attached hydrogen (secondary N) is 2. The van der Waals surface area contributed by atoms with E-state index in [0.717, 1.165) is 25.1 Å². The molecule has 3 N–H and O–H groups in total. The van der Waals surface area contributed by atoms with Gasteiger partial charge < -0.3 is 20.6 Å². The Kier molecular flexibility index (Phi) is 7.92. The minimum Gasteiger partial charge on any atom is -0.389 e. The van der Waals surface area contributed by atoms with E-state index < -0.39 is 41.1 Å². The summed E-state index contributed by atoms with van der Waals surface area (Å²) in [7, 11) is 0. The van der Waals surface area contributed by atoms with Crippen LogP contribution in [0.2, 0.25) is 0 Å². The Bertz CT molecular complexity index is 1240. The molecular formula is C25H30F5N5O3S. The number of aromatic nitrogens is 2. The summed E-state index contributed by atoms with van der Waals surface area (Å²) in [6, 6.07) is 0.728. The van der Waals surface area contributed by atoms with Gasteiger partial charge in [0, 0.05) is 36.5 Å². The molecule has 8 nitrogen and oxygen atoms in total. The molecule has 1 atom stereocenters. The van der Waals surface area contributed by atoms with Crippen molar-refractivity contribution >= 4 is 29.0 Å². The van der Waals surface area contributed by atoms with Crippen molar-refractivity contribution in [1.82, 2.24) is 20.2 Å². The minimum absolute atomic E-state index is 0.0314. The van der Waals surface area contributed by atoms with Crippen LogP contribution in [-0.2, 0) is 0 Å². The number of thiazole rings is 1. The molecule has 1 aliphatic heterocycles. The van der Waals surface area contributed by atoms with Crippen molar-refractivity contribution in [3.8, 4) is 10.4 Å². The zero-order valence-electron chi connectivity index (χ0n) is 21.7. The van der Waals surface area contributed by atoms with Crippen molar-refractivity contribution in [3.63, 3.8) is 0 Å². The van der Waals surface area contributed by atoms with Gasteiger partial charge in [0.2, 0.25) is 0 Å². The van der Waals surface area contributed by atoms with Crippen LogP contribution in [0.25, 0.3) is 10.4 Å². The van der Waals surface area contributed by atoms with E-state index in [9.17, 15) is 36.6 Å². The molecule has 1 aliphatic carbocycles. The number of rotatable bonds is 8. The van der Waals surface area contributed by atoms with Gasteiger partial charge in [0.1, 0.15) is 17.1 Å². The molecule has 4 rings (SSSR count). The number of carbonyl (C=O) groups excluding carboxylic acids is 2. The van der Waals surface area contributed by atoms with Crippen molar-refractivity contribution in [2.45, 2.75) is 82.7 Å². The molecule has 2 aromatic rings. The molecule has 0 spiro atoms. The van der Waals surface area contributed by atoms with Gasteiger partial charge in [-0.3, -0.25) is 9.59 Å². The summed E-state index contributed by atoms with van der Waals surface area (Å²) in [4.78, 5) is 35.9. The van der Waals surface area contributed by atoms with Gasteiger partial charge in [-0.25, -0.2) is 18.7 Å². The normalized spacial score (nSPS) is 19.2. The lowest BCUT2D eigenvalue weighted by Gasteiger charge is -2.44. The van der Waals surface area contributed by atoms with Crippen molar-refractivity contribution in [2.75, 3.05) is 18.4 Å². The predicted octanol–water partition coefficient (Wildman–Crippen LogP) is 5.16. The van der Waals surface area contributed by atoms with E-state index in [4.69, 9.17) is 0 Å². The van der Waals surface area contributed by atoms with Crippen molar-refractivity contribution < 1.29 is 36.6 Å². The predicted molar refractivity (Wildman–Crippen MR) is 135 cm³/mol. The van der Waals surface area contributed by atoms with Gasteiger partial charge in [-0.15, -0.1) is 11.3 Å². The third-order valence-electron chi connectivity index (χ3n) is 7.05. The lowest BCUT2D eigenvalue weighted by Crippen LogP contribution is -2.57. The van der Waals surface area contributed by atoms with E-state index in [1.165, 1.54) is 13.8 Å². The van der Waals surface area contributed by atoms with Crippen molar-refractivity contribution in [3.05, 3.63) is 28.5 Å². The molecule has 0 bridgehead atoms. The Morgan fingerprint density at radius 1 is 1.26 bits per heavy atom. The number of amides is 2. The number of pyridine rings is 1. The molecule has 0 unspecified atom stereocenters. The first kappa shape index (κ1) is 29.1. The third kappa shape index (κ3) is 6.01. The van der Waals surface area contributed by atoms with Crippen LogP contribution >= 0.6 is 11.3 Å². The molecule has 0 aromatic carbocycles. The standard InChI is InChI=1S/C25H30F5N5O3S/c1-13-6-4-9-35(13)22(37)17-18(39-21(33-17)20(36)32-12-23(2,3)38)15-11-31-16(10-14(15)19(26)27)34-24(7-5-8-24)25(28,29)30/h10-11,13,19,38H,4-9,12H2,1-3H3,(H,31,34)(H,32,36)/t13-/m0/s1. The Balaban J connectivity index is 1.75. The number of hydrogen-bond acceptors (Lipinski definition) is 7. The summed E-state index contributed by atoms with van der Waals surface area (Å²) >= 11 is 0.704. The Hall–Kier alpha value is -2.87. The van der Waals surface area contributed by atoms with Crippen LogP contribution in [-0.4, -0.2) is 68.2 Å². The average molecular weight is 576 g/mol. The summed E-state index contributed by atoms with van der Waals surface area (Å²) in [6.07, 6.45) is -5.29. The monoisotopic (exact) mass is 575 g/mol. The zero-order valence-corrected chi connectivity index (χ0v) is 22.5. The van der Waals surface area contributed by atoms with Crippen LogP contribution in [0.1, 0.15) is 85.2 Å². The van der Waals surface area contributed by atoms with Crippen LogP contribution < -0.4 is 10.6 Å². The molecule has 2 aliphatic rings. The van der Waals surface area contributed by atoms with Gasteiger partial charge in [0.15, 0.2) is 5.01 Å². The smallest absolute Gasteiger partial charge is 0.389 e. The lowest BCUT2D eigenvalue weighted by atomic mass is 9.76. The highest BCUT2D eigenvalue weighted by Gasteiger charge is 2.58. The Morgan fingerprint density at radius 3 is 2.46 bits per heavy atom. The first-order valence-corrected chi connectivity index (χ1v) is 13.4. The average Bonchev–Trinajstić information content (AvgIpc) is 3.44. The zero-order chi connectivity index (χ0) is 28.8. The summed E-state index contributed by atoms with van der Waals surface area (Å²) in [6.45, 7) is 5.11. The first-order valence-electron chi connectivity index (χ1n) is 12.6. The van der Waals surface area contributed by atoms with Gasteiger partial charge in [-0.2, -0.15) is 13.2 Å². The topological polar surface area (TPSA) is 107 Å². The van der Waals surface area contributed by atoms with Gasteiger partial charge in [0.05, 0.1) is 10.5 Å². The number of hydrogen-bond donors (Lipinski definition) is 3. The molecule has 0 radical (unpaired) electrons. The maximum atomic E-state index is 14.3. The highest BCUT2D eigenvalue weighted by atomic mass is 32.1. The van der Waals surface area contributed by atoms with Gasteiger partial charge in [-0.1, -0.05) is 0 Å². The van der Waals surface area contributed by atoms with Gasteiger partial charge in [0.25, 0.3) is 18.2 Å². The fraction of sp³-hybridized carbons (Fsp3) is 0.600. The Labute approximate surface area is 226 Å². The summed E-state index contributed by atoms with van der Waals surface area (Å²) in [5.74, 6) is -1.61. The number of aliphatic hydroxyl groups is 1. The van der Waals surface area contributed by atoms with Crippen LogP contribution in [0.4, 0.5) is 27.8 Å². The SMILES string of the molecule is C[C@H]1CCCN1C(=O)c1nc(C(=O)NCC(C)(C)O)sc1-c1cnc(NC2(C(F)(F)F)CCC2)cc1C(F)F. The molecule has 214 valence electrons. The van der Waals surface area contributed by atoms with Crippen molar-refractivity contribution in [1.29, 1.82) is 0 Å². The molecule has 2 amide bonds. The summed E-state index contributed by atoms with van der Waals surface area (Å²) in [5, 5.41) is 14.5. The molecule has 1 saturated carbocycles. The van der Waals surface area contributed by atoms with Crippen LogP contribution in [0, 0.1) is 0 Å². The minimum atomic E-state index is -4.59. The van der Waals surface area contributed by atoms with E-state index in [0.29, 0.717) is 24.3 Å². The maximum absolute atomic E-state index is 14.3. The number of anilines is 1. The Morgan fingerprint density at radius 2 is 1.95 bits per heavy atom. The van der Waals surface area contributed by atoms with E-state index in [2.05, 4.69) is 20.6 Å². The lowest BCUT2D eigenvalue weighted by molar-refractivity contribution is -0.198. The fourth-order valence-electron chi connectivity index (χ4n) is 4.65. The fourth-order valence-corrected chi connectivity index (χ4v) is 5.66. The van der Waals surface area contributed by atoms with Gasteiger partial charge in [-0.05, 0) is 58.9 Å². The second kappa shape index (κ2) is 10.6. The van der Waals surface area contributed by atoms with E-state index >= 15 is 0 Å². The highest BCUT2D eigenvalue weighted by Crippen LogP contribution is 2.48. The first-order chi connectivity index (χ1) is 18.1. The summed E-state index contributed by atoms with van der Waals surface area (Å²) in [5.41, 5.74) is -4.51. The van der Waals surface area contributed by atoms with Crippen molar-refractivity contribution in [2.24, 2.45) is 0 Å². The number of carbonyl (C=O) groups is 2. The van der Waals surface area contributed by atoms with E-state index in [1.807, 2.05) is 6.92 Å². The van der Waals surface area contributed by atoms with Crippen LogP contribution in [0.5, 0.6) is 0 Å². The van der Waals surface area contributed by atoms with Crippen LogP contribution in [0.15, 0.2) is 12.3 Å². The number of halogens is 5. The summed E-state index contributed by atoms with van der Waals surface area (Å²) < 4.78 is 69.5. The van der Waals surface area contributed by atoms with E-state index in [1.54, 1.807) is 4.90 Å². The molecule has 39 heavy (non-hydrogen) atoms. The molecule has 1 saturated heterocycles. The maximum Gasteiger partial charge on any atom is 0.411 e. The third-order valence-corrected chi connectivity index (χ3v) is 8.14. The number of nitrogens with zero attached hydrogens (tertiary/aromatic N) is 3. The molecule has 14 heteroatoms. The molecule has 3 heterocycles. The number of likely N-dealkylation sites (tertiary alicyclic amines) is 1. The van der Waals surface area contributed by atoms with E-state index in [-0.39, 0.29) is 52.4 Å². The highest BCUT2D eigenvalue weighted by molar-refractivity contribution is 7.17. The second-order valence-electron chi connectivity index (χ2n) is 10.7. The quantitative estimate of drug-likeness (QED) is 0.375. The molecule has 2 aromatic heterocycles. The number of alkyl halides is 5. The largest absolute Gasteiger partial charge is 0.411 e. The molecule has 2 fully saturated rings.